The Kier molecular flexibility index (Phi) is 9.62. The van der Waals surface area contributed by atoms with Gasteiger partial charge >= 0.3 is 0 Å². The highest BCUT2D eigenvalue weighted by Gasteiger charge is 2.05. The maximum absolute atomic E-state index is 9.82. The van der Waals surface area contributed by atoms with Crippen LogP contribution in [0.25, 0.3) is 0 Å². The first-order valence-corrected chi connectivity index (χ1v) is 6.74. The molecule has 104 valence electrons. The zero-order chi connectivity index (χ0) is 14.0. The fraction of sp³-hybridized carbons (Fsp3) is 0.625. The summed E-state index contributed by atoms with van der Waals surface area (Å²) in [5, 5.41) is 18.6. The average molecular weight is 252 g/mol. The van der Waals surface area contributed by atoms with E-state index < -0.39 is 0 Å². The average Bonchev–Trinajstić information content (AvgIpc) is 2.35. The fourth-order valence-electron chi connectivity index (χ4n) is 1.69. The first-order valence-electron chi connectivity index (χ1n) is 6.74. The lowest BCUT2D eigenvalue weighted by atomic mass is 10.0. The molecule has 1 atom stereocenters. The molecular weight excluding hydrogens is 224 g/mol. The van der Waals surface area contributed by atoms with Crippen LogP contribution in [-0.4, -0.2) is 22.9 Å². The van der Waals surface area contributed by atoms with Gasteiger partial charge in [0.05, 0.1) is 12.7 Å². The van der Waals surface area contributed by atoms with Crippen molar-refractivity contribution in [2.24, 2.45) is 0 Å². The number of aliphatic hydroxyl groups is 2. The molecule has 0 aliphatic carbocycles. The lowest BCUT2D eigenvalue weighted by Crippen LogP contribution is -2.07. The zero-order valence-corrected chi connectivity index (χ0v) is 12.2. The molecule has 0 aromatic carbocycles. The minimum absolute atomic E-state index is 0.128. The van der Waals surface area contributed by atoms with Crippen molar-refractivity contribution in [1.82, 2.24) is 0 Å². The van der Waals surface area contributed by atoms with Crippen molar-refractivity contribution in [3.8, 4) is 0 Å². The molecule has 0 radical (unpaired) electrons. The van der Waals surface area contributed by atoms with Crippen molar-refractivity contribution in [1.29, 1.82) is 0 Å². The van der Waals surface area contributed by atoms with E-state index in [1.165, 1.54) is 11.1 Å². The topological polar surface area (TPSA) is 40.5 Å². The monoisotopic (exact) mass is 252 g/mol. The maximum Gasteiger partial charge on any atom is 0.0750 e. The van der Waals surface area contributed by atoms with E-state index in [1.807, 2.05) is 32.9 Å². The van der Waals surface area contributed by atoms with E-state index in [9.17, 15) is 5.11 Å². The third-order valence-corrected chi connectivity index (χ3v) is 3.26. The van der Waals surface area contributed by atoms with Crippen molar-refractivity contribution in [3.63, 3.8) is 0 Å². The number of hydrogen-bond donors (Lipinski definition) is 2. The zero-order valence-electron chi connectivity index (χ0n) is 12.2. The van der Waals surface area contributed by atoms with Gasteiger partial charge in [0, 0.05) is 0 Å². The molecule has 2 nitrogen and oxygen atoms in total. The lowest BCUT2D eigenvalue weighted by molar-refractivity contribution is 0.200. The van der Waals surface area contributed by atoms with Crippen LogP contribution in [0.1, 0.15) is 53.4 Å². The van der Waals surface area contributed by atoms with Crippen LogP contribution in [0.2, 0.25) is 0 Å². The Hall–Kier alpha value is -0.860. The van der Waals surface area contributed by atoms with Gasteiger partial charge in [-0.15, -0.1) is 0 Å². The molecular formula is C16H28O2. The van der Waals surface area contributed by atoms with Gasteiger partial charge in [-0.3, -0.25) is 0 Å². The standard InChI is InChI=1S/C16H28O2/c1-5-15(4)16(18)10-9-13(2)7-6-8-14(3)11-12-17/h5,7,11,16-18H,6,8-10,12H2,1-4H3/b13-7+,14-11+,15-5+. The van der Waals surface area contributed by atoms with Crippen LogP contribution >= 0.6 is 0 Å². The second-order valence-electron chi connectivity index (χ2n) is 4.91. The van der Waals surface area contributed by atoms with Gasteiger partial charge in [0.2, 0.25) is 0 Å². The predicted molar refractivity (Wildman–Crippen MR) is 78.5 cm³/mol. The van der Waals surface area contributed by atoms with Crippen molar-refractivity contribution >= 4 is 0 Å². The normalized spacial score (nSPS) is 16.0. The molecule has 2 heteroatoms. The second kappa shape index (κ2) is 10.1. The predicted octanol–water partition coefficient (Wildman–Crippen LogP) is 3.76. The molecule has 0 aromatic rings. The molecule has 1 unspecified atom stereocenters. The van der Waals surface area contributed by atoms with E-state index in [0.29, 0.717) is 0 Å². The van der Waals surface area contributed by atoms with Gasteiger partial charge in [0.1, 0.15) is 0 Å². The largest absolute Gasteiger partial charge is 0.392 e. The summed E-state index contributed by atoms with van der Waals surface area (Å²) in [5.41, 5.74) is 3.60. The molecule has 0 aromatic heterocycles. The van der Waals surface area contributed by atoms with Crippen LogP contribution in [-0.2, 0) is 0 Å². The number of rotatable bonds is 8. The van der Waals surface area contributed by atoms with Crippen LogP contribution in [0.3, 0.4) is 0 Å². The molecule has 0 aliphatic heterocycles. The molecule has 0 saturated heterocycles. The first kappa shape index (κ1) is 17.1. The molecule has 0 rings (SSSR count). The maximum atomic E-state index is 9.82. The van der Waals surface area contributed by atoms with Gasteiger partial charge in [-0.2, -0.15) is 0 Å². The molecule has 2 N–H and O–H groups in total. The summed E-state index contributed by atoms with van der Waals surface area (Å²) in [6.07, 6.45) is 9.47. The van der Waals surface area contributed by atoms with E-state index in [1.54, 1.807) is 0 Å². The number of allylic oxidation sites excluding steroid dienone is 4. The minimum atomic E-state index is -0.311. The lowest BCUT2D eigenvalue weighted by Gasteiger charge is -2.11. The summed E-state index contributed by atoms with van der Waals surface area (Å²) >= 11 is 0. The summed E-state index contributed by atoms with van der Waals surface area (Å²) in [5.74, 6) is 0. The molecule has 0 amide bonds. The Morgan fingerprint density at radius 1 is 1.06 bits per heavy atom. The van der Waals surface area contributed by atoms with Gasteiger partial charge < -0.3 is 10.2 Å². The quantitative estimate of drug-likeness (QED) is 0.646. The van der Waals surface area contributed by atoms with E-state index >= 15 is 0 Å². The smallest absolute Gasteiger partial charge is 0.0750 e. The van der Waals surface area contributed by atoms with Crippen molar-refractivity contribution in [2.75, 3.05) is 6.61 Å². The van der Waals surface area contributed by atoms with E-state index in [0.717, 1.165) is 31.3 Å². The van der Waals surface area contributed by atoms with Crippen LogP contribution in [0, 0.1) is 0 Å². The molecule has 0 bridgehead atoms. The first-order chi connectivity index (χ1) is 8.51. The van der Waals surface area contributed by atoms with Gasteiger partial charge in [-0.1, -0.05) is 29.4 Å². The minimum Gasteiger partial charge on any atom is -0.392 e. The van der Waals surface area contributed by atoms with Crippen LogP contribution in [0.4, 0.5) is 0 Å². The van der Waals surface area contributed by atoms with Gasteiger partial charge in [-0.25, -0.2) is 0 Å². The summed E-state index contributed by atoms with van der Waals surface area (Å²) < 4.78 is 0. The number of hydrogen-bond acceptors (Lipinski definition) is 2. The summed E-state index contributed by atoms with van der Waals surface area (Å²) in [4.78, 5) is 0. The Morgan fingerprint density at radius 2 is 1.67 bits per heavy atom. The molecule has 0 saturated carbocycles. The van der Waals surface area contributed by atoms with Crippen molar-refractivity contribution in [2.45, 2.75) is 59.5 Å². The van der Waals surface area contributed by atoms with Gasteiger partial charge in [-0.05, 0) is 59.0 Å². The van der Waals surface area contributed by atoms with Gasteiger partial charge in [0.15, 0.2) is 0 Å². The molecule has 0 fully saturated rings. The second-order valence-corrected chi connectivity index (χ2v) is 4.91. The third kappa shape index (κ3) is 8.26. The van der Waals surface area contributed by atoms with Gasteiger partial charge in [0.25, 0.3) is 0 Å². The summed E-state index contributed by atoms with van der Waals surface area (Å²) in [6.45, 7) is 8.20. The van der Waals surface area contributed by atoms with E-state index in [4.69, 9.17) is 5.11 Å². The number of aliphatic hydroxyl groups excluding tert-OH is 2. The highest BCUT2D eigenvalue weighted by molar-refractivity contribution is 5.07. The van der Waals surface area contributed by atoms with Crippen molar-refractivity contribution < 1.29 is 10.2 Å². The van der Waals surface area contributed by atoms with Crippen LogP contribution in [0.5, 0.6) is 0 Å². The molecule has 0 aliphatic rings. The Labute approximate surface area is 112 Å². The van der Waals surface area contributed by atoms with E-state index in [2.05, 4.69) is 13.0 Å². The van der Waals surface area contributed by atoms with Crippen LogP contribution < -0.4 is 0 Å². The fourth-order valence-corrected chi connectivity index (χ4v) is 1.69. The summed E-state index contributed by atoms with van der Waals surface area (Å²) in [6, 6.07) is 0. The highest BCUT2D eigenvalue weighted by Crippen LogP contribution is 2.14. The SMILES string of the molecule is C/C=C(\C)C(O)CC/C(C)=C/CC/C(C)=C/CO. The third-order valence-electron chi connectivity index (χ3n) is 3.26. The Morgan fingerprint density at radius 3 is 2.22 bits per heavy atom. The highest BCUT2D eigenvalue weighted by atomic mass is 16.3. The molecule has 0 heterocycles. The summed E-state index contributed by atoms with van der Waals surface area (Å²) in [7, 11) is 0. The van der Waals surface area contributed by atoms with Crippen LogP contribution in [0.15, 0.2) is 34.9 Å². The Balaban J connectivity index is 3.95. The Bertz CT molecular complexity index is 311. The van der Waals surface area contributed by atoms with Crippen molar-refractivity contribution in [3.05, 3.63) is 34.9 Å². The van der Waals surface area contributed by atoms with E-state index in [-0.39, 0.29) is 12.7 Å². The molecule has 0 spiro atoms. The molecule has 18 heavy (non-hydrogen) atoms.